The minimum atomic E-state index is -0.274. The van der Waals surface area contributed by atoms with E-state index in [2.05, 4.69) is 4.98 Å². The average Bonchev–Trinajstić information content (AvgIpc) is 2.14. The quantitative estimate of drug-likeness (QED) is 0.802. The van der Waals surface area contributed by atoms with Gasteiger partial charge in [-0.25, -0.2) is 4.79 Å². The van der Waals surface area contributed by atoms with E-state index in [1.54, 1.807) is 10.8 Å². The van der Waals surface area contributed by atoms with Gasteiger partial charge in [0.2, 0.25) is 0 Å². The van der Waals surface area contributed by atoms with Crippen molar-refractivity contribution in [2.75, 3.05) is 0 Å². The maximum absolute atomic E-state index is 11.5. The van der Waals surface area contributed by atoms with Gasteiger partial charge in [-0.15, -0.1) is 0 Å². The highest BCUT2D eigenvalue weighted by Crippen LogP contribution is 2.27. The first-order valence-electron chi connectivity index (χ1n) is 5.53. The number of hydrogen-bond donors (Lipinski definition) is 1. The van der Waals surface area contributed by atoms with Crippen LogP contribution >= 0.6 is 0 Å². The Kier molecular flexibility index (Phi) is 2.75. The number of nitrogens with one attached hydrogen (secondary N) is 1. The number of aryl methyl sites for hydroxylation is 1. The normalized spacial score (nSPS) is 16.3. The molecule has 0 spiro atoms. The molecule has 2 rings (SSSR count). The molecule has 1 fully saturated rings. The Hall–Kier alpha value is -1.32. The molecule has 1 aromatic heterocycles. The van der Waals surface area contributed by atoms with Crippen LogP contribution in [0, 0.1) is 5.92 Å². The molecule has 4 heteroatoms. The summed E-state index contributed by atoms with van der Waals surface area (Å²) in [6, 6.07) is 0. The number of H-pyrrole nitrogens is 1. The summed E-state index contributed by atoms with van der Waals surface area (Å²) < 4.78 is 1.64. The molecular formula is C11H16N2O2. The van der Waals surface area contributed by atoms with E-state index in [1.807, 2.05) is 6.92 Å². The highest BCUT2D eigenvalue weighted by atomic mass is 16.2. The van der Waals surface area contributed by atoms with Gasteiger partial charge in [0.1, 0.15) is 0 Å². The molecule has 0 bridgehead atoms. The summed E-state index contributed by atoms with van der Waals surface area (Å²) in [4.78, 5) is 25.2. The SMILES string of the molecule is CCc1cn(CC2CCC2)c(=O)[nH]c1=O. The Morgan fingerprint density at radius 2 is 2.20 bits per heavy atom. The number of rotatable bonds is 3. The van der Waals surface area contributed by atoms with Crippen molar-refractivity contribution in [1.29, 1.82) is 0 Å². The summed E-state index contributed by atoms with van der Waals surface area (Å²) in [5.74, 6) is 0.623. The van der Waals surface area contributed by atoms with E-state index in [-0.39, 0.29) is 11.2 Å². The van der Waals surface area contributed by atoms with Crippen LogP contribution in [0.2, 0.25) is 0 Å². The molecular weight excluding hydrogens is 192 g/mol. The van der Waals surface area contributed by atoms with Gasteiger partial charge >= 0.3 is 5.69 Å². The molecule has 1 aliphatic rings. The number of aromatic nitrogens is 2. The molecule has 1 saturated carbocycles. The Balaban J connectivity index is 2.29. The van der Waals surface area contributed by atoms with Crippen molar-refractivity contribution < 1.29 is 0 Å². The molecule has 1 heterocycles. The van der Waals surface area contributed by atoms with Crippen LogP contribution in [0.5, 0.6) is 0 Å². The lowest BCUT2D eigenvalue weighted by Crippen LogP contribution is -2.34. The Morgan fingerprint density at radius 1 is 1.47 bits per heavy atom. The van der Waals surface area contributed by atoms with Crippen molar-refractivity contribution in [2.45, 2.75) is 39.2 Å². The first-order valence-corrected chi connectivity index (χ1v) is 5.53. The first kappa shape index (κ1) is 10.2. The van der Waals surface area contributed by atoms with Crippen LogP contribution in [-0.4, -0.2) is 9.55 Å². The number of aromatic amines is 1. The van der Waals surface area contributed by atoms with Crippen LogP contribution in [-0.2, 0) is 13.0 Å². The molecule has 15 heavy (non-hydrogen) atoms. The summed E-state index contributed by atoms with van der Waals surface area (Å²) in [5.41, 5.74) is 0.172. The maximum Gasteiger partial charge on any atom is 0.328 e. The van der Waals surface area contributed by atoms with Crippen molar-refractivity contribution in [3.8, 4) is 0 Å². The standard InChI is InChI=1S/C11H16N2O2/c1-2-9-7-13(6-8-4-3-5-8)11(15)12-10(9)14/h7-8H,2-6H2,1H3,(H,12,14,15). The fraction of sp³-hybridized carbons (Fsp3) is 0.636. The highest BCUT2D eigenvalue weighted by Gasteiger charge is 2.18. The van der Waals surface area contributed by atoms with Gasteiger partial charge in [-0.3, -0.25) is 9.78 Å². The second kappa shape index (κ2) is 4.04. The smallest absolute Gasteiger partial charge is 0.300 e. The zero-order valence-electron chi connectivity index (χ0n) is 8.95. The summed E-state index contributed by atoms with van der Waals surface area (Å²) in [6.07, 6.45) is 6.04. The summed E-state index contributed by atoms with van der Waals surface area (Å²) >= 11 is 0. The van der Waals surface area contributed by atoms with Gasteiger partial charge in [-0.2, -0.15) is 0 Å². The van der Waals surface area contributed by atoms with Crippen LogP contribution in [0.15, 0.2) is 15.8 Å². The Labute approximate surface area is 88.0 Å². The third-order valence-electron chi connectivity index (χ3n) is 3.15. The van der Waals surface area contributed by atoms with Gasteiger partial charge < -0.3 is 4.57 Å². The molecule has 0 unspecified atom stereocenters. The van der Waals surface area contributed by atoms with Gasteiger partial charge in [-0.05, 0) is 25.2 Å². The van der Waals surface area contributed by atoms with E-state index in [0.717, 1.165) is 6.54 Å². The zero-order chi connectivity index (χ0) is 10.8. The number of hydrogen-bond acceptors (Lipinski definition) is 2. The predicted molar refractivity (Wildman–Crippen MR) is 58.0 cm³/mol. The summed E-state index contributed by atoms with van der Waals surface area (Å²) in [7, 11) is 0. The summed E-state index contributed by atoms with van der Waals surface area (Å²) in [5, 5.41) is 0. The first-order chi connectivity index (χ1) is 7.20. The van der Waals surface area contributed by atoms with E-state index in [0.29, 0.717) is 17.9 Å². The monoisotopic (exact) mass is 208 g/mol. The van der Waals surface area contributed by atoms with Crippen LogP contribution in [0.25, 0.3) is 0 Å². The third kappa shape index (κ3) is 2.03. The van der Waals surface area contributed by atoms with Crippen LogP contribution in [0.3, 0.4) is 0 Å². The molecule has 0 radical (unpaired) electrons. The van der Waals surface area contributed by atoms with Gasteiger partial charge in [-0.1, -0.05) is 13.3 Å². The average molecular weight is 208 g/mol. The lowest BCUT2D eigenvalue weighted by Gasteiger charge is -2.25. The maximum atomic E-state index is 11.5. The van der Waals surface area contributed by atoms with Gasteiger partial charge in [0.05, 0.1) is 0 Å². The van der Waals surface area contributed by atoms with E-state index >= 15 is 0 Å². The predicted octanol–water partition coefficient (Wildman–Crippen LogP) is 0.899. The third-order valence-corrected chi connectivity index (χ3v) is 3.15. The molecule has 0 aliphatic heterocycles. The van der Waals surface area contributed by atoms with Crippen molar-refractivity contribution in [3.05, 3.63) is 32.6 Å². The van der Waals surface area contributed by atoms with Gasteiger partial charge in [0, 0.05) is 18.3 Å². The Bertz CT molecular complexity index is 454. The highest BCUT2D eigenvalue weighted by molar-refractivity contribution is 5.04. The zero-order valence-corrected chi connectivity index (χ0v) is 8.95. The van der Waals surface area contributed by atoms with Crippen LogP contribution < -0.4 is 11.2 Å². The van der Waals surface area contributed by atoms with Crippen LogP contribution in [0.1, 0.15) is 31.7 Å². The second-order valence-electron chi connectivity index (χ2n) is 4.22. The topological polar surface area (TPSA) is 54.9 Å². The van der Waals surface area contributed by atoms with Crippen molar-refractivity contribution in [3.63, 3.8) is 0 Å². The van der Waals surface area contributed by atoms with E-state index in [4.69, 9.17) is 0 Å². The van der Waals surface area contributed by atoms with Gasteiger partial charge in [0.25, 0.3) is 5.56 Å². The fourth-order valence-electron chi connectivity index (χ4n) is 1.90. The Morgan fingerprint density at radius 3 is 2.73 bits per heavy atom. The largest absolute Gasteiger partial charge is 0.328 e. The van der Waals surface area contributed by atoms with Crippen molar-refractivity contribution in [2.24, 2.45) is 5.92 Å². The minimum Gasteiger partial charge on any atom is -0.300 e. The number of nitrogens with zero attached hydrogens (tertiary/aromatic N) is 1. The van der Waals surface area contributed by atoms with Crippen molar-refractivity contribution >= 4 is 0 Å². The molecule has 0 saturated heterocycles. The molecule has 0 atom stereocenters. The minimum absolute atomic E-state index is 0.243. The molecule has 1 aromatic rings. The van der Waals surface area contributed by atoms with E-state index < -0.39 is 0 Å². The van der Waals surface area contributed by atoms with E-state index in [9.17, 15) is 9.59 Å². The molecule has 0 amide bonds. The fourth-order valence-corrected chi connectivity index (χ4v) is 1.90. The van der Waals surface area contributed by atoms with Gasteiger partial charge in [0.15, 0.2) is 0 Å². The summed E-state index contributed by atoms with van der Waals surface area (Å²) in [6.45, 7) is 2.67. The molecule has 0 aromatic carbocycles. The lowest BCUT2D eigenvalue weighted by molar-refractivity contribution is 0.272. The molecule has 1 aliphatic carbocycles. The second-order valence-corrected chi connectivity index (χ2v) is 4.22. The molecule has 82 valence electrons. The molecule has 4 nitrogen and oxygen atoms in total. The molecule has 1 N–H and O–H groups in total. The lowest BCUT2D eigenvalue weighted by atomic mass is 9.85. The van der Waals surface area contributed by atoms with Crippen LogP contribution in [0.4, 0.5) is 0 Å². The van der Waals surface area contributed by atoms with Crippen molar-refractivity contribution in [1.82, 2.24) is 9.55 Å². The van der Waals surface area contributed by atoms with E-state index in [1.165, 1.54) is 19.3 Å².